The zero-order valence-electron chi connectivity index (χ0n) is 14.8. The van der Waals surface area contributed by atoms with Crippen molar-refractivity contribution < 1.29 is 18.3 Å². The maximum Gasteiger partial charge on any atom is 0.337 e. The first kappa shape index (κ1) is 19.0. The Morgan fingerprint density at radius 1 is 1.22 bits per heavy atom. The zero-order valence-corrected chi connectivity index (χ0v) is 15.6. The molecule has 0 aliphatic carbocycles. The topological polar surface area (TPSA) is 87.0 Å². The van der Waals surface area contributed by atoms with Crippen molar-refractivity contribution in [1.82, 2.24) is 9.97 Å². The number of halogens is 2. The second-order valence-electron chi connectivity index (χ2n) is 6.42. The average molecular weight is 393 g/mol. The molecule has 3 rings (SSSR count). The Hall–Kier alpha value is -2.81. The summed E-state index contributed by atoms with van der Waals surface area (Å²) in [5.74, 6) is -3.43. The number of anilines is 1. The van der Waals surface area contributed by atoms with Crippen LogP contribution < -0.4 is 10.9 Å². The quantitative estimate of drug-likeness (QED) is 0.549. The Morgan fingerprint density at radius 2 is 1.93 bits per heavy atom. The van der Waals surface area contributed by atoms with E-state index in [9.17, 15) is 18.4 Å². The largest absolute Gasteiger partial charge is 0.460 e. The molecule has 0 spiro atoms. The predicted octanol–water partition coefficient (Wildman–Crippen LogP) is 3.49. The lowest BCUT2D eigenvalue weighted by molar-refractivity contribution is -0.143. The van der Waals surface area contributed by atoms with Gasteiger partial charge in [-0.1, -0.05) is 6.07 Å². The van der Waals surface area contributed by atoms with Crippen LogP contribution in [0.25, 0.3) is 0 Å². The van der Waals surface area contributed by atoms with Crippen LogP contribution in [0.4, 0.5) is 14.6 Å². The monoisotopic (exact) mass is 393 g/mol. The van der Waals surface area contributed by atoms with Crippen molar-refractivity contribution in [3.05, 3.63) is 67.4 Å². The van der Waals surface area contributed by atoms with E-state index >= 15 is 0 Å². The minimum atomic E-state index is -1.08. The third-order valence-electron chi connectivity index (χ3n) is 4.11. The lowest BCUT2D eigenvalue weighted by atomic mass is 9.82. The number of esters is 1. The highest BCUT2D eigenvalue weighted by Crippen LogP contribution is 2.39. The molecule has 1 aromatic carbocycles. The number of hydrogen-bond donors (Lipinski definition) is 3. The van der Waals surface area contributed by atoms with Gasteiger partial charge in [0.1, 0.15) is 5.82 Å². The van der Waals surface area contributed by atoms with E-state index in [1.165, 1.54) is 6.07 Å². The minimum absolute atomic E-state index is 0.0938. The van der Waals surface area contributed by atoms with Crippen LogP contribution in [0.2, 0.25) is 0 Å². The summed E-state index contributed by atoms with van der Waals surface area (Å²) < 4.78 is 32.7. The Balaban J connectivity index is 2.28. The standard InChI is InChI=1S/C18H17F2N3O3S/c1-7(2)26-17(25)12-8(3)21-15-14(16(24)23-18(27)22-15)13(12)9-4-5-10(19)11(20)6-9/h4-7,13H,1-3H3,(H3,21,22,23,24,27)/t13-/m1/s1. The molecular weight excluding hydrogens is 376 g/mol. The minimum Gasteiger partial charge on any atom is -0.460 e. The van der Waals surface area contributed by atoms with Gasteiger partial charge in [-0.2, -0.15) is 0 Å². The van der Waals surface area contributed by atoms with Gasteiger partial charge in [-0.25, -0.2) is 13.6 Å². The Bertz CT molecular complexity index is 1070. The van der Waals surface area contributed by atoms with Gasteiger partial charge in [0.15, 0.2) is 16.4 Å². The SMILES string of the molecule is CC1=C(C(=O)OC(C)C)[C@@H](c2ccc(F)c(F)c2)c2c([nH]c(=S)[nH]c2=O)N1. The maximum absolute atomic E-state index is 13.9. The summed E-state index contributed by atoms with van der Waals surface area (Å²) in [6.07, 6.45) is -0.398. The van der Waals surface area contributed by atoms with E-state index in [2.05, 4.69) is 15.3 Å². The van der Waals surface area contributed by atoms with Crippen LogP contribution in [0.3, 0.4) is 0 Å². The van der Waals surface area contributed by atoms with Gasteiger partial charge in [0, 0.05) is 5.70 Å². The summed E-state index contributed by atoms with van der Waals surface area (Å²) in [4.78, 5) is 30.6. The molecule has 27 heavy (non-hydrogen) atoms. The number of benzene rings is 1. The van der Waals surface area contributed by atoms with E-state index in [1.807, 2.05) is 0 Å². The van der Waals surface area contributed by atoms with Crippen molar-refractivity contribution in [2.45, 2.75) is 32.8 Å². The van der Waals surface area contributed by atoms with Crippen molar-refractivity contribution in [3.63, 3.8) is 0 Å². The van der Waals surface area contributed by atoms with Crippen molar-refractivity contribution >= 4 is 24.0 Å². The average Bonchev–Trinajstić information content (AvgIpc) is 2.55. The molecule has 1 atom stereocenters. The first-order valence-electron chi connectivity index (χ1n) is 8.19. The summed E-state index contributed by atoms with van der Waals surface area (Å²) in [5.41, 5.74) is 0.384. The maximum atomic E-state index is 13.9. The Morgan fingerprint density at radius 3 is 2.56 bits per heavy atom. The number of rotatable bonds is 3. The summed E-state index contributed by atoms with van der Waals surface area (Å²) in [6, 6.07) is 3.24. The van der Waals surface area contributed by atoms with E-state index in [1.54, 1.807) is 20.8 Å². The summed E-state index contributed by atoms with van der Waals surface area (Å²) in [7, 11) is 0. The van der Waals surface area contributed by atoms with Crippen LogP contribution in [0.5, 0.6) is 0 Å². The van der Waals surface area contributed by atoms with Gasteiger partial charge in [0.05, 0.1) is 23.2 Å². The second kappa shape index (κ2) is 7.07. The van der Waals surface area contributed by atoms with Crippen molar-refractivity contribution in [3.8, 4) is 0 Å². The van der Waals surface area contributed by atoms with Gasteiger partial charge < -0.3 is 15.0 Å². The number of carbonyl (C=O) groups excluding carboxylic acids is 1. The molecule has 2 aromatic rings. The number of carbonyl (C=O) groups is 1. The highest BCUT2D eigenvalue weighted by Gasteiger charge is 2.36. The summed E-state index contributed by atoms with van der Waals surface area (Å²) in [6.45, 7) is 5.01. The van der Waals surface area contributed by atoms with Gasteiger partial charge >= 0.3 is 5.97 Å². The second-order valence-corrected chi connectivity index (χ2v) is 6.83. The number of hydrogen-bond acceptors (Lipinski definition) is 5. The molecule has 1 aliphatic heterocycles. The summed E-state index contributed by atoms with van der Waals surface area (Å²) in [5, 5.41) is 2.94. The number of nitrogens with one attached hydrogen (secondary N) is 3. The van der Waals surface area contributed by atoms with Crippen LogP contribution in [0, 0.1) is 16.4 Å². The van der Waals surface area contributed by atoms with Gasteiger partial charge in [-0.05, 0) is 50.7 Å². The molecule has 0 saturated carbocycles. The number of aromatic nitrogens is 2. The molecule has 6 nitrogen and oxygen atoms in total. The Labute approximate surface area is 158 Å². The molecule has 1 aromatic heterocycles. The molecule has 0 amide bonds. The lowest BCUT2D eigenvalue weighted by Gasteiger charge is -2.29. The molecule has 3 N–H and O–H groups in total. The van der Waals surface area contributed by atoms with Gasteiger partial charge in [-0.15, -0.1) is 0 Å². The van der Waals surface area contributed by atoms with Crippen LogP contribution >= 0.6 is 12.2 Å². The predicted molar refractivity (Wildman–Crippen MR) is 98.0 cm³/mol. The smallest absolute Gasteiger partial charge is 0.337 e. The number of fused-ring (bicyclic) bond motifs is 1. The van der Waals surface area contributed by atoms with Crippen LogP contribution in [0.1, 0.15) is 37.8 Å². The zero-order chi connectivity index (χ0) is 19.9. The summed E-state index contributed by atoms with van der Waals surface area (Å²) >= 11 is 4.99. The Kier molecular flexibility index (Phi) is 4.97. The fraction of sp³-hybridized carbons (Fsp3) is 0.278. The van der Waals surface area contributed by atoms with Crippen molar-refractivity contribution in [2.24, 2.45) is 0 Å². The van der Waals surface area contributed by atoms with Gasteiger partial charge in [0.25, 0.3) is 5.56 Å². The number of aromatic amines is 2. The molecule has 0 saturated heterocycles. The molecule has 0 bridgehead atoms. The van der Waals surface area contributed by atoms with E-state index in [4.69, 9.17) is 17.0 Å². The third-order valence-corrected chi connectivity index (χ3v) is 4.32. The van der Waals surface area contributed by atoms with Crippen LogP contribution in [0.15, 0.2) is 34.3 Å². The highest BCUT2D eigenvalue weighted by atomic mass is 32.1. The third kappa shape index (κ3) is 3.55. The molecule has 0 radical (unpaired) electrons. The normalized spacial score (nSPS) is 16.1. The van der Waals surface area contributed by atoms with Crippen molar-refractivity contribution in [2.75, 3.05) is 5.32 Å². The lowest BCUT2D eigenvalue weighted by Crippen LogP contribution is -2.31. The first-order chi connectivity index (χ1) is 12.7. The van der Waals surface area contributed by atoms with Crippen LogP contribution in [-0.2, 0) is 9.53 Å². The molecule has 2 heterocycles. The van der Waals surface area contributed by atoms with Crippen molar-refractivity contribution in [1.29, 1.82) is 0 Å². The number of allylic oxidation sites excluding steroid dienone is 1. The first-order valence-corrected chi connectivity index (χ1v) is 8.60. The van der Waals surface area contributed by atoms with Gasteiger partial charge in [0.2, 0.25) is 0 Å². The number of ether oxygens (including phenoxy) is 1. The highest BCUT2D eigenvalue weighted by molar-refractivity contribution is 7.71. The van der Waals surface area contributed by atoms with E-state index in [0.717, 1.165) is 12.1 Å². The molecular formula is C18H17F2N3O3S. The molecule has 0 unspecified atom stereocenters. The molecule has 1 aliphatic rings. The van der Waals surface area contributed by atoms with Gasteiger partial charge in [-0.3, -0.25) is 9.78 Å². The van der Waals surface area contributed by atoms with E-state index < -0.39 is 35.2 Å². The molecule has 0 fully saturated rings. The van der Waals surface area contributed by atoms with Crippen LogP contribution in [-0.4, -0.2) is 22.0 Å². The molecule has 9 heteroatoms. The molecule has 142 valence electrons. The fourth-order valence-electron chi connectivity index (χ4n) is 3.06. The van der Waals surface area contributed by atoms with E-state index in [0.29, 0.717) is 5.70 Å². The van der Waals surface area contributed by atoms with E-state index in [-0.39, 0.29) is 27.3 Å². The number of H-pyrrole nitrogens is 2. The fourth-order valence-corrected chi connectivity index (χ4v) is 3.25.